The standard InChI is InChI=1S/C31H41FN2O2/c1-3-5-7-9-11-21-35-29-19-15-26(16-20-29)31-33-22-27(23-34-31)25-13-17-30(18-14-25)36-24-28(32)12-10-8-6-4-2/h13-20,22-23,28H,3-12,21,24H2,1-2H3. The normalized spacial score (nSPS) is 11.9. The molecular weight excluding hydrogens is 451 g/mol. The molecule has 0 radical (unpaired) electrons. The summed E-state index contributed by atoms with van der Waals surface area (Å²) in [6, 6.07) is 15.6. The maximum Gasteiger partial charge on any atom is 0.159 e. The minimum atomic E-state index is -0.918. The van der Waals surface area contributed by atoms with Gasteiger partial charge in [0.05, 0.1) is 6.61 Å². The van der Waals surface area contributed by atoms with Crippen LogP contribution in [-0.2, 0) is 0 Å². The van der Waals surface area contributed by atoms with E-state index in [1.165, 1.54) is 32.1 Å². The highest BCUT2D eigenvalue weighted by Gasteiger charge is 2.08. The minimum Gasteiger partial charge on any atom is -0.494 e. The summed E-state index contributed by atoms with van der Waals surface area (Å²) < 4.78 is 25.5. The third kappa shape index (κ3) is 9.60. The van der Waals surface area contributed by atoms with Crippen LogP contribution in [0.3, 0.4) is 0 Å². The zero-order valence-corrected chi connectivity index (χ0v) is 21.9. The Bertz CT molecular complexity index is 975. The first-order valence-electron chi connectivity index (χ1n) is 13.6. The van der Waals surface area contributed by atoms with Gasteiger partial charge < -0.3 is 9.47 Å². The number of aromatic nitrogens is 2. The lowest BCUT2D eigenvalue weighted by molar-refractivity contribution is 0.184. The monoisotopic (exact) mass is 492 g/mol. The molecule has 0 amide bonds. The lowest BCUT2D eigenvalue weighted by atomic mass is 10.1. The van der Waals surface area contributed by atoms with Gasteiger partial charge in [0.2, 0.25) is 0 Å². The van der Waals surface area contributed by atoms with Crippen molar-refractivity contribution in [3.05, 3.63) is 60.9 Å². The van der Waals surface area contributed by atoms with Crippen LogP contribution in [-0.4, -0.2) is 29.4 Å². The van der Waals surface area contributed by atoms with Crippen molar-refractivity contribution >= 4 is 0 Å². The third-order valence-electron chi connectivity index (χ3n) is 6.27. The van der Waals surface area contributed by atoms with Gasteiger partial charge in [-0.1, -0.05) is 77.3 Å². The molecule has 1 heterocycles. The fraction of sp³-hybridized carbons (Fsp3) is 0.484. The van der Waals surface area contributed by atoms with E-state index < -0.39 is 6.17 Å². The average Bonchev–Trinajstić information content (AvgIpc) is 2.93. The van der Waals surface area contributed by atoms with Crippen LogP contribution in [0.2, 0.25) is 0 Å². The second kappa shape index (κ2) is 15.9. The Hall–Kier alpha value is -2.95. The average molecular weight is 493 g/mol. The van der Waals surface area contributed by atoms with Crippen molar-refractivity contribution < 1.29 is 13.9 Å². The van der Waals surface area contributed by atoms with Crippen LogP contribution >= 0.6 is 0 Å². The van der Waals surface area contributed by atoms with E-state index in [-0.39, 0.29) is 6.61 Å². The molecule has 0 saturated heterocycles. The maximum absolute atomic E-state index is 14.0. The van der Waals surface area contributed by atoms with Crippen molar-refractivity contribution in [1.82, 2.24) is 9.97 Å². The first-order valence-corrected chi connectivity index (χ1v) is 13.6. The number of alkyl halides is 1. The van der Waals surface area contributed by atoms with Gasteiger partial charge in [-0.3, -0.25) is 0 Å². The second-order valence-electron chi connectivity index (χ2n) is 9.36. The molecule has 36 heavy (non-hydrogen) atoms. The van der Waals surface area contributed by atoms with Gasteiger partial charge in [0.15, 0.2) is 5.82 Å². The molecule has 0 bridgehead atoms. The lowest BCUT2D eigenvalue weighted by Gasteiger charge is -2.11. The van der Waals surface area contributed by atoms with Gasteiger partial charge in [-0.15, -0.1) is 0 Å². The van der Waals surface area contributed by atoms with Gasteiger partial charge in [-0.05, 0) is 54.8 Å². The molecule has 1 atom stereocenters. The van der Waals surface area contributed by atoms with Crippen molar-refractivity contribution in [3.63, 3.8) is 0 Å². The fourth-order valence-electron chi connectivity index (χ4n) is 4.03. The second-order valence-corrected chi connectivity index (χ2v) is 9.36. The molecule has 1 aromatic heterocycles. The van der Waals surface area contributed by atoms with Crippen LogP contribution in [0, 0.1) is 0 Å². The summed E-state index contributed by atoms with van der Waals surface area (Å²) in [5.74, 6) is 2.23. The molecule has 2 aromatic carbocycles. The Morgan fingerprint density at radius 3 is 1.83 bits per heavy atom. The first kappa shape index (κ1) is 27.6. The SMILES string of the molecule is CCCCCCCOc1ccc(-c2ncc(-c3ccc(OCC(F)CCCCCC)cc3)cn2)cc1. The number of nitrogens with zero attached hydrogens (tertiary/aromatic N) is 2. The van der Waals surface area contributed by atoms with Crippen LogP contribution < -0.4 is 9.47 Å². The van der Waals surface area contributed by atoms with Crippen LogP contribution in [0.25, 0.3) is 22.5 Å². The highest BCUT2D eigenvalue weighted by molar-refractivity contribution is 5.64. The van der Waals surface area contributed by atoms with E-state index in [0.717, 1.165) is 54.7 Å². The molecule has 0 aliphatic heterocycles. The number of unbranched alkanes of at least 4 members (excludes halogenated alkanes) is 7. The van der Waals surface area contributed by atoms with Gasteiger partial charge in [-0.25, -0.2) is 14.4 Å². The van der Waals surface area contributed by atoms with Crippen LogP contribution in [0.4, 0.5) is 4.39 Å². The molecule has 5 heteroatoms. The summed E-state index contributed by atoms with van der Waals surface area (Å²) in [6.07, 6.45) is 13.8. The quantitative estimate of drug-likeness (QED) is 0.177. The van der Waals surface area contributed by atoms with E-state index in [0.29, 0.717) is 18.0 Å². The molecular formula is C31H41FN2O2. The maximum atomic E-state index is 14.0. The largest absolute Gasteiger partial charge is 0.494 e. The Kier molecular flexibility index (Phi) is 12.2. The first-order chi connectivity index (χ1) is 17.7. The highest BCUT2D eigenvalue weighted by atomic mass is 19.1. The molecule has 3 rings (SSSR count). The van der Waals surface area contributed by atoms with Gasteiger partial charge in [-0.2, -0.15) is 0 Å². The molecule has 3 aromatic rings. The lowest BCUT2D eigenvalue weighted by Crippen LogP contribution is -2.12. The molecule has 4 nitrogen and oxygen atoms in total. The predicted octanol–water partition coefficient (Wildman–Crippen LogP) is 8.85. The molecule has 0 spiro atoms. The van der Waals surface area contributed by atoms with Crippen LogP contribution in [0.15, 0.2) is 60.9 Å². The Balaban J connectivity index is 1.45. The van der Waals surface area contributed by atoms with E-state index in [9.17, 15) is 4.39 Å². The molecule has 0 fully saturated rings. The van der Waals surface area contributed by atoms with E-state index in [4.69, 9.17) is 9.47 Å². The highest BCUT2D eigenvalue weighted by Crippen LogP contribution is 2.24. The number of benzene rings is 2. The number of hydrogen-bond acceptors (Lipinski definition) is 4. The summed E-state index contributed by atoms with van der Waals surface area (Å²) in [6.45, 7) is 5.24. The third-order valence-corrected chi connectivity index (χ3v) is 6.27. The van der Waals surface area contributed by atoms with Gasteiger partial charge >= 0.3 is 0 Å². The summed E-state index contributed by atoms with van der Waals surface area (Å²) in [7, 11) is 0. The van der Waals surface area contributed by atoms with Crippen LogP contribution in [0.1, 0.15) is 78.1 Å². The summed E-state index contributed by atoms with van der Waals surface area (Å²) >= 11 is 0. The molecule has 0 aliphatic carbocycles. The minimum absolute atomic E-state index is 0.103. The van der Waals surface area contributed by atoms with Gasteiger partial charge in [0, 0.05) is 23.5 Å². The smallest absolute Gasteiger partial charge is 0.159 e. The molecule has 0 aliphatic rings. The Labute approximate surface area is 216 Å². The number of ether oxygens (including phenoxy) is 2. The van der Waals surface area contributed by atoms with E-state index in [1.54, 1.807) is 0 Å². The van der Waals surface area contributed by atoms with Crippen molar-refractivity contribution in [2.24, 2.45) is 0 Å². The van der Waals surface area contributed by atoms with Crippen molar-refractivity contribution in [1.29, 1.82) is 0 Å². The molecule has 194 valence electrons. The molecule has 1 unspecified atom stereocenters. The van der Waals surface area contributed by atoms with Crippen molar-refractivity contribution in [2.45, 2.75) is 84.2 Å². The van der Waals surface area contributed by atoms with E-state index in [2.05, 4.69) is 23.8 Å². The van der Waals surface area contributed by atoms with Crippen molar-refractivity contribution in [2.75, 3.05) is 13.2 Å². The van der Waals surface area contributed by atoms with Gasteiger partial charge in [0.1, 0.15) is 24.3 Å². The summed E-state index contributed by atoms with van der Waals surface area (Å²) in [4.78, 5) is 9.10. The number of halogens is 1. The fourth-order valence-corrected chi connectivity index (χ4v) is 4.03. The molecule has 0 saturated carbocycles. The zero-order chi connectivity index (χ0) is 25.4. The number of rotatable bonds is 17. The summed E-state index contributed by atoms with van der Waals surface area (Å²) in [5, 5.41) is 0. The topological polar surface area (TPSA) is 44.2 Å². The van der Waals surface area contributed by atoms with E-state index >= 15 is 0 Å². The van der Waals surface area contributed by atoms with Crippen molar-refractivity contribution in [3.8, 4) is 34.0 Å². The van der Waals surface area contributed by atoms with Crippen LogP contribution in [0.5, 0.6) is 11.5 Å². The Morgan fingerprint density at radius 2 is 1.19 bits per heavy atom. The Morgan fingerprint density at radius 1 is 0.639 bits per heavy atom. The number of hydrogen-bond donors (Lipinski definition) is 0. The van der Waals surface area contributed by atoms with Gasteiger partial charge in [0.25, 0.3) is 0 Å². The molecule has 0 N–H and O–H groups in total. The van der Waals surface area contributed by atoms with E-state index in [1.807, 2.05) is 60.9 Å². The predicted molar refractivity (Wildman–Crippen MR) is 146 cm³/mol. The summed E-state index contributed by atoms with van der Waals surface area (Å²) in [5.41, 5.74) is 2.87. The zero-order valence-electron chi connectivity index (χ0n) is 21.9.